The third kappa shape index (κ3) is 2.85. The zero-order valence-electron chi connectivity index (χ0n) is 15.1. The first-order valence-electron chi connectivity index (χ1n) is 9.26. The Bertz CT molecular complexity index is 1070. The van der Waals surface area contributed by atoms with Crippen LogP contribution in [0.1, 0.15) is 20.7 Å². The minimum Gasteiger partial charge on any atom is -0.366 e. The first kappa shape index (κ1) is 16.7. The van der Waals surface area contributed by atoms with Crippen molar-refractivity contribution in [3.63, 3.8) is 0 Å². The van der Waals surface area contributed by atoms with Crippen LogP contribution in [0, 0.1) is 11.8 Å². The first-order chi connectivity index (χ1) is 13.6. The average Bonchev–Trinajstić information content (AvgIpc) is 3.15. The summed E-state index contributed by atoms with van der Waals surface area (Å²) >= 11 is 0. The number of hydrogen-bond acceptors (Lipinski definition) is 5. The molecule has 1 aliphatic carbocycles. The van der Waals surface area contributed by atoms with Crippen molar-refractivity contribution in [1.82, 2.24) is 15.3 Å². The molecule has 2 fully saturated rings. The smallest absolute Gasteiger partial charge is 0.251 e. The molecule has 1 aliphatic heterocycles. The van der Waals surface area contributed by atoms with E-state index in [2.05, 4.69) is 20.2 Å². The van der Waals surface area contributed by atoms with Gasteiger partial charge < -0.3 is 16.0 Å². The van der Waals surface area contributed by atoms with Gasteiger partial charge in [0.1, 0.15) is 0 Å². The highest BCUT2D eigenvalue weighted by molar-refractivity contribution is 5.99. The van der Waals surface area contributed by atoms with E-state index < -0.39 is 5.91 Å². The number of nitrogens with one attached hydrogen (secondary N) is 1. The summed E-state index contributed by atoms with van der Waals surface area (Å²) in [6, 6.07) is 14.0. The molecule has 1 saturated heterocycles. The number of amides is 2. The number of hydrogen-bond donors (Lipinski definition) is 2. The van der Waals surface area contributed by atoms with Crippen LogP contribution in [-0.2, 0) is 0 Å². The van der Waals surface area contributed by atoms with Crippen LogP contribution in [0.25, 0.3) is 10.8 Å². The highest BCUT2D eigenvalue weighted by Crippen LogP contribution is 2.46. The predicted molar refractivity (Wildman–Crippen MR) is 105 cm³/mol. The normalized spacial score (nSPS) is 22.7. The number of aromatic nitrogens is 2. The lowest BCUT2D eigenvalue weighted by molar-refractivity contribution is 0.0946. The van der Waals surface area contributed by atoms with E-state index in [-0.39, 0.29) is 11.9 Å². The van der Waals surface area contributed by atoms with Gasteiger partial charge >= 0.3 is 0 Å². The standard InChI is InChI=1S/C21H19N5O2/c22-19(27)15-8-23-21(24-9-15)26-10-16-17(11-26)18(16)25-20(28)14-6-5-12-3-1-2-4-13(12)7-14/h1-9,16-18H,10-11H2,(H2,22,27)(H,25,28). The van der Waals surface area contributed by atoms with Gasteiger partial charge in [0.15, 0.2) is 0 Å². The number of fused-ring (bicyclic) bond motifs is 2. The highest BCUT2D eigenvalue weighted by atomic mass is 16.2. The van der Waals surface area contributed by atoms with E-state index in [0.29, 0.717) is 28.9 Å². The summed E-state index contributed by atoms with van der Waals surface area (Å²) in [5.41, 5.74) is 6.20. The number of rotatable bonds is 4. The maximum atomic E-state index is 12.6. The summed E-state index contributed by atoms with van der Waals surface area (Å²) in [6.07, 6.45) is 2.90. The van der Waals surface area contributed by atoms with Gasteiger partial charge in [-0.1, -0.05) is 30.3 Å². The van der Waals surface area contributed by atoms with Gasteiger partial charge in [-0.3, -0.25) is 9.59 Å². The van der Waals surface area contributed by atoms with E-state index in [1.165, 1.54) is 12.4 Å². The SMILES string of the molecule is NC(=O)c1cnc(N2CC3C(C2)C3NC(=O)c2ccc3ccccc3c2)nc1. The third-order valence-corrected chi connectivity index (χ3v) is 5.71. The third-order valence-electron chi connectivity index (χ3n) is 5.71. The highest BCUT2D eigenvalue weighted by Gasteiger charge is 2.57. The molecule has 2 atom stereocenters. The molecule has 5 rings (SSSR count). The Morgan fingerprint density at radius 2 is 1.64 bits per heavy atom. The number of nitrogens with zero attached hydrogens (tertiary/aromatic N) is 3. The van der Waals surface area contributed by atoms with Crippen molar-refractivity contribution in [2.45, 2.75) is 6.04 Å². The summed E-state index contributed by atoms with van der Waals surface area (Å²) in [4.78, 5) is 34.3. The van der Waals surface area contributed by atoms with Crippen molar-refractivity contribution >= 4 is 28.5 Å². The van der Waals surface area contributed by atoms with Crippen molar-refractivity contribution in [2.24, 2.45) is 17.6 Å². The number of anilines is 1. The Labute approximate surface area is 161 Å². The maximum absolute atomic E-state index is 12.6. The van der Waals surface area contributed by atoms with Crippen LogP contribution >= 0.6 is 0 Å². The molecule has 2 aliphatic rings. The Hall–Kier alpha value is -3.48. The Kier molecular flexibility index (Phi) is 3.75. The molecule has 2 heterocycles. The second-order valence-electron chi connectivity index (χ2n) is 7.43. The minimum absolute atomic E-state index is 0.0289. The summed E-state index contributed by atoms with van der Waals surface area (Å²) in [6.45, 7) is 1.59. The maximum Gasteiger partial charge on any atom is 0.251 e. The van der Waals surface area contributed by atoms with Crippen molar-refractivity contribution in [2.75, 3.05) is 18.0 Å². The van der Waals surface area contributed by atoms with Gasteiger partial charge in [-0.2, -0.15) is 0 Å². The van der Waals surface area contributed by atoms with Crippen molar-refractivity contribution in [3.8, 4) is 0 Å². The second-order valence-corrected chi connectivity index (χ2v) is 7.43. The lowest BCUT2D eigenvalue weighted by Gasteiger charge is -2.20. The number of carbonyl (C=O) groups is 2. The molecule has 7 heteroatoms. The molecule has 3 N–H and O–H groups in total. The van der Waals surface area contributed by atoms with Crippen LogP contribution in [-0.4, -0.2) is 40.9 Å². The average molecular weight is 373 g/mol. The van der Waals surface area contributed by atoms with Crippen LogP contribution in [0.15, 0.2) is 54.9 Å². The predicted octanol–water partition coefficient (Wildman–Crippen LogP) is 1.59. The molecule has 1 aromatic heterocycles. The summed E-state index contributed by atoms with van der Waals surface area (Å²) in [5, 5.41) is 5.35. The van der Waals surface area contributed by atoms with Crippen LogP contribution in [0.2, 0.25) is 0 Å². The van der Waals surface area contributed by atoms with Gasteiger partial charge in [0.05, 0.1) is 5.56 Å². The Balaban J connectivity index is 1.21. The lowest BCUT2D eigenvalue weighted by atomic mass is 10.1. The zero-order valence-corrected chi connectivity index (χ0v) is 15.1. The molecule has 28 heavy (non-hydrogen) atoms. The van der Waals surface area contributed by atoms with E-state index in [0.717, 1.165) is 23.9 Å². The van der Waals surface area contributed by atoms with Gasteiger partial charge in [-0.05, 0) is 22.9 Å². The van der Waals surface area contributed by atoms with Crippen LogP contribution < -0.4 is 16.0 Å². The van der Waals surface area contributed by atoms with E-state index >= 15 is 0 Å². The molecular weight excluding hydrogens is 354 g/mol. The zero-order chi connectivity index (χ0) is 19.3. The Morgan fingerprint density at radius 1 is 0.964 bits per heavy atom. The quantitative estimate of drug-likeness (QED) is 0.723. The molecule has 2 unspecified atom stereocenters. The molecule has 2 amide bonds. The molecule has 0 spiro atoms. The topological polar surface area (TPSA) is 101 Å². The summed E-state index contributed by atoms with van der Waals surface area (Å²) < 4.78 is 0. The second kappa shape index (κ2) is 6.30. The van der Waals surface area contributed by atoms with E-state index in [4.69, 9.17) is 5.73 Å². The van der Waals surface area contributed by atoms with Gasteiger partial charge in [0.2, 0.25) is 5.95 Å². The number of benzene rings is 2. The first-order valence-corrected chi connectivity index (χ1v) is 9.26. The summed E-state index contributed by atoms with van der Waals surface area (Å²) in [7, 11) is 0. The van der Waals surface area contributed by atoms with Crippen molar-refractivity contribution in [1.29, 1.82) is 0 Å². The largest absolute Gasteiger partial charge is 0.366 e. The lowest BCUT2D eigenvalue weighted by Crippen LogP contribution is -2.35. The number of piperidine rings is 1. The fourth-order valence-corrected chi connectivity index (χ4v) is 4.08. The Morgan fingerprint density at radius 3 is 2.32 bits per heavy atom. The van der Waals surface area contributed by atoms with Crippen molar-refractivity contribution in [3.05, 3.63) is 66.0 Å². The molecule has 3 aromatic rings. The van der Waals surface area contributed by atoms with Gasteiger partial charge in [-0.15, -0.1) is 0 Å². The molecule has 0 bridgehead atoms. The summed E-state index contributed by atoms with van der Waals surface area (Å²) in [5.74, 6) is 0.843. The molecule has 0 radical (unpaired) electrons. The fourth-order valence-electron chi connectivity index (χ4n) is 4.08. The van der Waals surface area contributed by atoms with Crippen LogP contribution in [0.5, 0.6) is 0 Å². The van der Waals surface area contributed by atoms with E-state index in [9.17, 15) is 9.59 Å². The van der Waals surface area contributed by atoms with Gasteiger partial charge in [0.25, 0.3) is 11.8 Å². The molecule has 7 nitrogen and oxygen atoms in total. The number of carbonyl (C=O) groups excluding carboxylic acids is 2. The van der Waals surface area contributed by atoms with E-state index in [1.54, 1.807) is 0 Å². The molecule has 2 aromatic carbocycles. The van der Waals surface area contributed by atoms with E-state index in [1.807, 2.05) is 42.5 Å². The number of nitrogens with two attached hydrogens (primary N) is 1. The molecular formula is C21H19N5O2. The molecule has 1 saturated carbocycles. The minimum atomic E-state index is -0.535. The number of primary amides is 1. The van der Waals surface area contributed by atoms with Gasteiger partial charge in [0, 0.05) is 48.9 Å². The molecule has 140 valence electrons. The van der Waals surface area contributed by atoms with Crippen LogP contribution in [0.4, 0.5) is 5.95 Å². The fraction of sp³-hybridized carbons (Fsp3) is 0.238. The van der Waals surface area contributed by atoms with Crippen molar-refractivity contribution < 1.29 is 9.59 Å². The van der Waals surface area contributed by atoms with Crippen LogP contribution in [0.3, 0.4) is 0 Å². The van der Waals surface area contributed by atoms with Gasteiger partial charge in [-0.25, -0.2) is 9.97 Å². The monoisotopic (exact) mass is 373 g/mol.